The van der Waals surface area contributed by atoms with Gasteiger partial charge >= 0.3 is 0 Å². The molecule has 1 aromatic heterocycles. The molecule has 1 amide bonds. The summed E-state index contributed by atoms with van der Waals surface area (Å²) in [6, 6.07) is 8.05. The quantitative estimate of drug-likeness (QED) is 0.637. The van der Waals surface area contributed by atoms with E-state index in [2.05, 4.69) is 9.97 Å². The number of nitrogens with two attached hydrogens (primary N) is 1. The van der Waals surface area contributed by atoms with Gasteiger partial charge in [0.15, 0.2) is 5.16 Å². The highest BCUT2D eigenvalue weighted by molar-refractivity contribution is 7.99. The first-order valence-electron chi connectivity index (χ1n) is 7.21. The largest absolute Gasteiger partial charge is 0.382 e. The molecule has 0 radical (unpaired) electrons. The summed E-state index contributed by atoms with van der Waals surface area (Å²) in [7, 11) is 0. The van der Waals surface area contributed by atoms with Crippen molar-refractivity contribution in [3.63, 3.8) is 0 Å². The molecule has 0 aliphatic carbocycles. The Bertz CT molecular complexity index is 777. The van der Waals surface area contributed by atoms with Crippen LogP contribution < -0.4 is 5.73 Å². The lowest BCUT2D eigenvalue weighted by atomic mass is 10.2. The first kappa shape index (κ1) is 17.7. The zero-order chi connectivity index (χ0) is 17.5. The second kappa shape index (κ2) is 8.26. The molecule has 2 aromatic rings. The number of hydrogen-bond donors (Lipinski definition) is 1. The van der Waals surface area contributed by atoms with E-state index in [1.165, 1.54) is 18.3 Å². The van der Waals surface area contributed by atoms with Gasteiger partial charge in [0.1, 0.15) is 23.3 Å². The number of rotatable bonds is 6. The highest BCUT2D eigenvalue weighted by atomic mass is 32.2. The molecule has 0 unspecified atom stereocenters. The van der Waals surface area contributed by atoms with Crippen molar-refractivity contribution < 1.29 is 9.18 Å². The van der Waals surface area contributed by atoms with Gasteiger partial charge in [-0.25, -0.2) is 14.4 Å². The monoisotopic (exact) mass is 345 g/mol. The molecule has 124 valence electrons. The summed E-state index contributed by atoms with van der Waals surface area (Å²) in [6.07, 6.45) is 1.33. The standard InChI is InChI=1S/C16H16FN5OS/c1-2-22(9-11-4-3-5-13(17)6-11)14(23)10-24-16-20-8-12(7-18)15(19)21-16/h3-6,8H,2,9-10H2,1H3,(H2,19,20,21). The zero-order valence-electron chi connectivity index (χ0n) is 13.1. The number of nitriles is 1. The van der Waals surface area contributed by atoms with E-state index in [9.17, 15) is 9.18 Å². The second-order valence-electron chi connectivity index (χ2n) is 4.89. The van der Waals surface area contributed by atoms with Gasteiger partial charge < -0.3 is 10.6 Å². The highest BCUT2D eigenvalue weighted by Crippen LogP contribution is 2.17. The summed E-state index contributed by atoms with van der Waals surface area (Å²) in [5, 5.41) is 9.12. The van der Waals surface area contributed by atoms with E-state index in [0.717, 1.165) is 17.3 Å². The highest BCUT2D eigenvalue weighted by Gasteiger charge is 2.14. The van der Waals surface area contributed by atoms with E-state index >= 15 is 0 Å². The fourth-order valence-electron chi connectivity index (χ4n) is 1.98. The number of carbonyl (C=O) groups excluding carboxylic acids is 1. The average molecular weight is 345 g/mol. The Morgan fingerprint density at radius 3 is 2.92 bits per heavy atom. The molecule has 1 heterocycles. The summed E-state index contributed by atoms with van der Waals surface area (Å²) in [4.78, 5) is 21.9. The summed E-state index contributed by atoms with van der Waals surface area (Å²) < 4.78 is 13.2. The number of thioether (sulfide) groups is 1. The van der Waals surface area contributed by atoms with E-state index in [-0.39, 0.29) is 28.9 Å². The van der Waals surface area contributed by atoms with E-state index in [0.29, 0.717) is 18.2 Å². The molecule has 0 aliphatic rings. The fraction of sp³-hybridized carbons (Fsp3) is 0.250. The van der Waals surface area contributed by atoms with Crippen LogP contribution in [0.25, 0.3) is 0 Å². The van der Waals surface area contributed by atoms with Gasteiger partial charge in [-0.05, 0) is 24.6 Å². The van der Waals surface area contributed by atoms with Gasteiger partial charge in [-0.2, -0.15) is 5.26 Å². The van der Waals surface area contributed by atoms with Crippen LogP contribution >= 0.6 is 11.8 Å². The fourth-order valence-corrected chi connectivity index (χ4v) is 2.71. The maximum atomic E-state index is 13.2. The normalized spacial score (nSPS) is 10.2. The van der Waals surface area contributed by atoms with Crippen molar-refractivity contribution in [1.29, 1.82) is 5.26 Å². The smallest absolute Gasteiger partial charge is 0.233 e. The molecule has 0 saturated carbocycles. The van der Waals surface area contributed by atoms with Crippen molar-refractivity contribution in [3.05, 3.63) is 47.4 Å². The van der Waals surface area contributed by atoms with Crippen LogP contribution in [0.5, 0.6) is 0 Å². The average Bonchev–Trinajstić information content (AvgIpc) is 2.57. The molecule has 0 bridgehead atoms. The van der Waals surface area contributed by atoms with Crippen molar-refractivity contribution in [2.75, 3.05) is 18.0 Å². The molecule has 0 fully saturated rings. The molecule has 0 saturated heterocycles. The second-order valence-corrected chi connectivity index (χ2v) is 5.83. The third-order valence-corrected chi connectivity index (χ3v) is 4.08. The van der Waals surface area contributed by atoms with E-state index in [1.807, 2.05) is 13.0 Å². The Morgan fingerprint density at radius 2 is 2.29 bits per heavy atom. The first-order chi connectivity index (χ1) is 11.5. The molecular formula is C16H16FN5OS. The number of amides is 1. The number of nitrogens with zero attached hydrogens (tertiary/aromatic N) is 4. The van der Waals surface area contributed by atoms with Crippen LogP contribution in [0.2, 0.25) is 0 Å². The summed E-state index contributed by atoms with van der Waals surface area (Å²) in [5.41, 5.74) is 6.55. The minimum Gasteiger partial charge on any atom is -0.382 e. The molecule has 8 heteroatoms. The molecule has 0 spiro atoms. The number of aromatic nitrogens is 2. The van der Waals surface area contributed by atoms with E-state index in [1.54, 1.807) is 17.0 Å². The SMILES string of the molecule is CCN(Cc1cccc(F)c1)C(=O)CSc1ncc(C#N)c(N)n1. The zero-order valence-corrected chi connectivity index (χ0v) is 13.9. The van der Waals surface area contributed by atoms with Crippen LogP contribution in [0.3, 0.4) is 0 Å². The van der Waals surface area contributed by atoms with Crippen LogP contribution in [0.4, 0.5) is 10.2 Å². The van der Waals surface area contributed by atoms with Gasteiger partial charge in [0.25, 0.3) is 0 Å². The maximum absolute atomic E-state index is 13.2. The van der Waals surface area contributed by atoms with Gasteiger partial charge in [0.2, 0.25) is 5.91 Å². The van der Waals surface area contributed by atoms with Crippen LogP contribution in [0.15, 0.2) is 35.6 Å². The number of halogens is 1. The molecule has 2 N–H and O–H groups in total. The van der Waals surface area contributed by atoms with Crippen LogP contribution in [-0.4, -0.2) is 33.1 Å². The number of carbonyl (C=O) groups is 1. The molecular weight excluding hydrogens is 329 g/mol. The summed E-state index contributed by atoms with van der Waals surface area (Å²) in [5.74, 6) is -0.214. The van der Waals surface area contributed by atoms with Crippen molar-refractivity contribution in [2.24, 2.45) is 0 Å². The van der Waals surface area contributed by atoms with Gasteiger partial charge in [-0.15, -0.1) is 0 Å². The van der Waals surface area contributed by atoms with Gasteiger partial charge in [0.05, 0.1) is 11.9 Å². The lowest BCUT2D eigenvalue weighted by molar-refractivity contribution is -0.128. The van der Waals surface area contributed by atoms with Crippen molar-refractivity contribution in [2.45, 2.75) is 18.6 Å². The predicted molar refractivity (Wildman–Crippen MR) is 89.4 cm³/mol. The minimum absolute atomic E-state index is 0.0922. The van der Waals surface area contributed by atoms with E-state index < -0.39 is 0 Å². The minimum atomic E-state index is -0.327. The molecule has 6 nitrogen and oxygen atoms in total. The van der Waals surface area contributed by atoms with Crippen LogP contribution in [0, 0.1) is 17.1 Å². The predicted octanol–water partition coefficient (Wildman–Crippen LogP) is 2.21. The number of nitrogen functional groups attached to an aromatic ring is 1. The Kier molecular flexibility index (Phi) is 6.09. The third kappa shape index (κ3) is 4.67. The van der Waals surface area contributed by atoms with Crippen LogP contribution in [0.1, 0.15) is 18.1 Å². The van der Waals surface area contributed by atoms with Gasteiger partial charge in [0, 0.05) is 13.1 Å². The van der Waals surface area contributed by atoms with Gasteiger partial charge in [-0.1, -0.05) is 23.9 Å². The lowest BCUT2D eigenvalue weighted by Crippen LogP contribution is -2.31. The first-order valence-corrected chi connectivity index (χ1v) is 8.19. The van der Waals surface area contributed by atoms with Gasteiger partial charge in [-0.3, -0.25) is 4.79 Å². The van der Waals surface area contributed by atoms with Crippen molar-refractivity contribution in [1.82, 2.24) is 14.9 Å². The summed E-state index contributed by atoms with van der Waals surface area (Å²) >= 11 is 1.14. The Labute approximate surface area is 143 Å². The lowest BCUT2D eigenvalue weighted by Gasteiger charge is -2.20. The number of benzene rings is 1. The molecule has 2 rings (SSSR count). The maximum Gasteiger partial charge on any atom is 0.233 e. The molecule has 24 heavy (non-hydrogen) atoms. The molecule has 0 aliphatic heterocycles. The Hall–Kier alpha value is -2.66. The summed E-state index contributed by atoms with van der Waals surface area (Å²) in [6.45, 7) is 2.70. The topological polar surface area (TPSA) is 95.9 Å². The Morgan fingerprint density at radius 1 is 1.50 bits per heavy atom. The molecule has 1 aromatic carbocycles. The number of anilines is 1. The third-order valence-electron chi connectivity index (χ3n) is 3.24. The van der Waals surface area contributed by atoms with Crippen molar-refractivity contribution in [3.8, 4) is 6.07 Å². The molecule has 0 atom stereocenters. The number of hydrogen-bond acceptors (Lipinski definition) is 6. The van der Waals surface area contributed by atoms with Crippen LogP contribution in [-0.2, 0) is 11.3 Å². The Balaban J connectivity index is 1.97. The van der Waals surface area contributed by atoms with Crippen molar-refractivity contribution >= 4 is 23.5 Å². The van der Waals surface area contributed by atoms with E-state index in [4.69, 9.17) is 11.0 Å².